The third-order valence-corrected chi connectivity index (χ3v) is 6.16. The van der Waals surface area contributed by atoms with Crippen LogP contribution in [-0.4, -0.2) is 55.1 Å². The fourth-order valence-electron chi connectivity index (χ4n) is 4.76. The maximum absolute atomic E-state index is 4.98. The van der Waals surface area contributed by atoms with Crippen molar-refractivity contribution in [1.29, 1.82) is 0 Å². The van der Waals surface area contributed by atoms with Gasteiger partial charge in [-0.3, -0.25) is 4.90 Å². The van der Waals surface area contributed by atoms with Crippen LogP contribution in [0.2, 0.25) is 0 Å². The fraction of sp³-hybridized carbons (Fsp3) is 0.800. The van der Waals surface area contributed by atoms with E-state index >= 15 is 0 Å². The zero-order chi connectivity index (χ0) is 17.2. The van der Waals surface area contributed by atoms with E-state index in [1.807, 2.05) is 0 Å². The smallest absolute Gasteiger partial charge is 0.227 e. The molecule has 25 heavy (non-hydrogen) atoms. The number of nitrogens with zero attached hydrogens (tertiary/aromatic N) is 5. The van der Waals surface area contributed by atoms with Crippen molar-refractivity contribution >= 4 is 11.8 Å². The Bertz CT molecular complexity index is 588. The van der Waals surface area contributed by atoms with Gasteiger partial charge in [0.15, 0.2) is 0 Å². The van der Waals surface area contributed by atoms with Crippen LogP contribution >= 0.6 is 0 Å². The van der Waals surface area contributed by atoms with Gasteiger partial charge in [-0.25, -0.2) is 4.98 Å². The SMILES string of the molecule is CN(C)c1nc(N2CCCC2)nc2c1CN(CC1CCCCC1)CC2. The van der Waals surface area contributed by atoms with Crippen molar-refractivity contribution in [3.05, 3.63) is 11.3 Å². The van der Waals surface area contributed by atoms with Crippen LogP contribution in [0.1, 0.15) is 56.2 Å². The van der Waals surface area contributed by atoms with Crippen LogP contribution in [-0.2, 0) is 13.0 Å². The van der Waals surface area contributed by atoms with Crippen molar-refractivity contribution in [3.63, 3.8) is 0 Å². The van der Waals surface area contributed by atoms with Gasteiger partial charge in [-0.05, 0) is 31.6 Å². The molecule has 1 aliphatic carbocycles. The number of rotatable bonds is 4. The van der Waals surface area contributed by atoms with Crippen molar-refractivity contribution in [2.24, 2.45) is 5.92 Å². The molecular formula is C20H33N5. The first-order valence-corrected chi connectivity index (χ1v) is 10.2. The minimum Gasteiger partial charge on any atom is -0.362 e. The highest BCUT2D eigenvalue weighted by molar-refractivity contribution is 5.53. The molecule has 4 rings (SSSR count). The molecule has 2 fully saturated rings. The summed E-state index contributed by atoms with van der Waals surface area (Å²) in [5.74, 6) is 3.00. The van der Waals surface area contributed by atoms with Crippen molar-refractivity contribution in [3.8, 4) is 0 Å². The molecule has 0 atom stereocenters. The quantitative estimate of drug-likeness (QED) is 0.839. The van der Waals surface area contributed by atoms with Crippen molar-refractivity contribution in [1.82, 2.24) is 14.9 Å². The molecule has 5 nitrogen and oxygen atoms in total. The highest BCUT2D eigenvalue weighted by Crippen LogP contribution is 2.31. The normalized spacial score (nSPS) is 22.2. The molecule has 0 aromatic carbocycles. The van der Waals surface area contributed by atoms with E-state index < -0.39 is 0 Å². The van der Waals surface area contributed by atoms with Crippen LogP contribution in [0.5, 0.6) is 0 Å². The van der Waals surface area contributed by atoms with Crippen LogP contribution in [0, 0.1) is 5.92 Å². The summed E-state index contributed by atoms with van der Waals surface area (Å²) in [7, 11) is 4.24. The average molecular weight is 344 g/mol. The van der Waals surface area contributed by atoms with Crippen LogP contribution in [0.25, 0.3) is 0 Å². The van der Waals surface area contributed by atoms with Crippen molar-refractivity contribution in [2.75, 3.05) is 50.1 Å². The largest absolute Gasteiger partial charge is 0.362 e. The van der Waals surface area contributed by atoms with Crippen LogP contribution in [0.3, 0.4) is 0 Å². The molecule has 2 aliphatic heterocycles. The van der Waals surface area contributed by atoms with Gasteiger partial charge < -0.3 is 9.80 Å². The number of anilines is 2. The Morgan fingerprint density at radius 3 is 2.44 bits per heavy atom. The van der Waals surface area contributed by atoms with Gasteiger partial charge >= 0.3 is 0 Å². The Labute approximate surface area is 152 Å². The molecule has 138 valence electrons. The van der Waals surface area contributed by atoms with E-state index in [1.54, 1.807) is 0 Å². The lowest BCUT2D eigenvalue weighted by Gasteiger charge is -2.34. The molecule has 1 aromatic heterocycles. The van der Waals surface area contributed by atoms with Gasteiger partial charge in [0.2, 0.25) is 5.95 Å². The van der Waals surface area contributed by atoms with E-state index in [0.717, 1.165) is 50.3 Å². The highest BCUT2D eigenvalue weighted by Gasteiger charge is 2.27. The lowest BCUT2D eigenvalue weighted by molar-refractivity contribution is 0.186. The summed E-state index contributed by atoms with van der Waals surface area (Å²) in [5, 5.41) is 0. The van der Waals surface area contributed by atoms with Gasteiger partial charge in [0.25, 0.3) is 0 Å². The molecule has 0 unspecified atom stereocenters. The van der Waals surface area contributed by atoms with Crippen LogP contribution in [0.4, 0.5) is 11.8 Å². The molecule has 3 aliphatic rings. The minimum atomic E-state index is 0.905. The first-order chi connectivity index (χ1) is 12.2. The maximum atomic E-state index is 4.98. The average Bonchev–Trinajstić information content (AvgIpc) is 3.16. The van der Waals surface area contributed by atoms with E-state index in [0.29, 0.717) is 0 Å². The predicted octanol–water partition coefficient (Wildman–Crippen LogP) is 3.08. The fourth-order valence-corrected chi connectivity index (χ4v) is 4.76. The third kappa shape index (κ3) is 3.76. The number of fused-ring (bicyclic) bond motifs is 1. The Morgan fingerprint density at radius 1 is 0.960 bits per heavy atom. The second kappa shape index (κ2) is 7.48. The second-order valence-electron chi connectivity index (χ2n) is 8.35. The molecule has 0 spiro atoms. The lowest BCUT2D eigenvalue weighted by atomic mass is 9.88. The summed E-state index contributed by atoms with van der Waals surface area (Å²) in [6, 6.07) is 0. The predicted molar refractivity (Wildman–Crippen MR) is 103 cm³/mol. The number of hydrogen-bond donors (Lipinski definition) is 0. The standard InChI is InChI=1S/C20H33N5/c1-23(2)19-17-15-24(14-16-8-4-3-5-9-16)13-10-18(17)21-20(22-19)25-11-6-7-12-25/h16H,3-15H2,1-2H3. The zero-order valence-corrected chi connectivity index (χ0v) is 16.0. The van der Waals surface area contributed by atoms with E-state index in [4.69, 9.17) is 9.97 Å². The molecule has 1 saturated carbocycles. The van der Waals surface area contributed by atoms with Crippen molar-refractivity contribution in [2.45, 2.75) is 57.9 Å². The lowest BCUT2D eigenvalue weighted by Crippen LogP contribution is -2.37. The van der Waals surface area contributed by atoms with Gasteiger partial charge in [-0.15, -0.1) is 0 Å². The molecule has 0 bridgehead atoms. The van der Waals surface area contributed by atoms with Crippen LogP contribution < -0.4 is 9.80 Å². The third-order valence-electron chi connectivity index (χ3n) is 6.16. The van der Waals surface area contributed by atoms with E-state index in [1.165, 1.54) is 62.7 Å². The van der Waals surface area contributed by atoms with E-state index in [2.05, 4.69) is 28.8 Å². The summed E-state index contributed by atoms with van der Waals surface area (Å²) in [5.41, 5.74) is 2.66. The van der Waals surface area contributed by atoms with Gasteiger partial charge in [-0.2, -0.15) is 4.98 Å². The molecule has 1 saturated heterocycles. The topological polar surface area (TPSA) is 35.5 Å². The second-order valence-corrected chi connectivity index (χ2v) is 8.35. The Hall–Kier alpha value is -1.36. The van der Waals surface area contributed by atoms with Crippen LogP contribution in [0.15, 0.2) is 0 Å². The molecule has 1 aromatic rings. The summed E-state index contributed by atoms with van der Waals surface area (Å²) >= 11 is 0. The maximum Gasteiger partial charge on any atom is 0.227 e. The minimum absolute atomic E-state index is 0.905. The van der Waals surface area contributed by atoms with Gasteiger partial charge in [0, 0.05) is 58.8 Å². The number of aromatic nitrogens is 2. The summed E-state index contributed by atoms with van der Waals surface area (Å²) < 4.78 is 0. The van der Waals surface area contributed by atoms with E-state index in [-0.39, 0.29) is 0 Å². The zero-order valence-electron chi connectivity index (χ0n) is 16.0. The van der Waals surface area contributed by atoms with Gasteiger partial charge in [0.1, 0.15) is 5.82 Å². The summed E-state index contributed by atoms with van der Waals surface area (Å²) in [4.78, 5) is 17.1. The summed E-state index contributed by atoms with van der Waals surface area (Å²) in [6.07, 6.45) is 10.8. The molecule has 0 radical (unpaired) electrons. The Balaban J connectivity index is 1.53. The molecule has 5 heteroatoms. The first kappa shape index (κ1) is 17.1. The van der Waals surface area contributed by atoms with Crippen molar-refractivity contribution < 1.29 is 0 Å². The molecular weight excluding hydrogens is 310 g/mol. The summed E-state index contributed by atoms with van der Waals surface area (Å²) in [6.45, 7) is 5.67. The van der Waals surface area contributed by atoms with E-state index in [9.17, 15) is 0 Å². The molecule has 0 amide bonds. The number of hydrogen-bond acceptors (Lipinski definition) is 5. The van der Waals surface area contributed by atoms with Gasteiger partial charge in [-0.1, -0.05) is 19.3 Å². The monoisotopic (exact) mass is 343 g/mol. The molecule has 3 heterocycles. The molecule has 0 N–H and O–H groups in total. The Morgan fingerprint density at radius 2 is 1.72 bits per heavy atom. The first-order valence-electron chi connectivity index (χ1n) is 10.2. The highest BCUT2D eigenvalue weighted by atomic mass is 15.3. The Kier molecular flexibility index (Phi) is 5.11. The van der Waals surface area contributed by atoms with Gasteiger partial charge in [0.05, 0.1) is 5.69 Å².